The molecule has 2 heterocycles. The summed E-state index contributed by atoms with van der Waals surface area (Å²) in [6.45, 7) is 3.91. The molecule has 2 rings (SSSR count). The van der Waals surface area contributed by atoms with E-state index in [1.807, 2.05) is 12.3 Å². The molecule has 110 valence electrons. The number of aryl methyl sites for hydroxylation is 1. The van der Waals surface area contributed by atoms with E-state index in [9.17, 15) is 0 Å². The van der Waals surface area contributed by atoms with E-state index in [0.717, 1.165) is 12.2 Å². The Morgan fingerprint density at radius 1 is 1.10 bits per heavy atom. The van der Waals surface area contributed by atoms with Gasteiger partial charge in [-0.1, -0.05) is 45.4 Å². The minimum atomic E-state index is 0.589. The molecule has 0 radical (unpaired) electrons. The van der Waals surface area contributed by atoms with Crippen molar-refractivity contribution in [1.29, 1.82) is 0 Å². The molecule has 0 amide bonds. The number of nitrogens with two attached hydrogens (primary N) is 1. The molecule has 0 spiro atoms. The van der Waals surface area contributed by atoms with E-state index in [4.69, 9.17) is 5.73 Å². The molecule has 2 N–H and O–H groups in total. The molecule has 0 aromatic carbocycles. The van der Waals surface area contributed by atoms with E-state index in [0.29, 0.717) is 6.54 Å². The topological polar surface area (TPSA) is 43.8 Å². The highest BCUT2D eigenvalue weighted by Crippen LogP contribution is 2.19. The van der Waals surface area contributed by atoms with Gasteiger partial charge >= 0.3 is 0 Å². The molecule has 2 aromatic rings. The lowest BCUT2D eigenvalue weighted by molar-refractivity contribution is 0.554. The van der Waals surface area contributed by atoms with E-state index >= 15 is 0 Å². The number of aromatic nitrogens is 2. The van der Waals surface area contributed by atoms with Crippen molar-refractivity contribution in [3.05, 3.63) is 30.1 Å². The van der Waals surface area contributed by atoms with Crippen molar-refractivity contribution < 1.29 is 0 Å². The van der Waals surface area contributed by atoms with Crippen LogP contribution in [0.1, 0.15) is 57.4 Å². The summed E-state index contributed by atoms with van der Waals surface area (Å²) in [5, 5.41) is 1.21. The molecule has 20 heavy (non-hydrogen) atoms. The minimum absolute atomic E-state index is 0.589. The van der Waals surface area contributed by atoms with Gasteiger partial charge in [-0.05, 0) is 24.1 Å². The van der Waals surface area contributed by atoms with Crippen molar-refractivity contribution in [2.24, 2.45) is 5.73 Å². The molecule has 0 bridgehead atoms. The minimum Gasteiger partial charge on any atom is -0.332 e. The second-order valence-corrected chi connectivity index (χ2v) is 5.55. The fraction of sp³-hybridized carbons (Fsp3) is 0.588. The summed E-state index contributed by atoms with van der Waals surface area (Å²) < 4.78 is 2.27. The summed E-state index contributed by atoms with van der Waals surface area (Å²) in [6.07, 6.45) is 13.4. The summed E-state index contributed by atoms with van der Waals surface area (Å²) in [4.78, 5) is 4.50. The highest BCUT2D eigenvalue weighted by Gasteiger charge is 2.07. The first-order valence-corrected chi connectivity index (χ1v) is 7.99. The number of pyridine rings is 1. The molecule has 0 saturated carbocycles. The van der Waals surface area contributed by atoms with Gasteiger partial charge in [0.15, 0.2) is 0 Å². The maximum atomic E-state index is 5.81. The summed E-state index contributed by atoms with van der Waals surface area (Å²) in [6, 6.07) is 4.10. The van der Waals surface area contributed by atoms with Gasteiger partial charge in [-0.15, -0.1) is 0 Å². The van der Waals surface area contributed by atoms with E-state index < -0.39 is 0 Å². The van der Waals surface area contributed by atoms with Gasteiger partial charge in [-0.3, -0.25) is 0 Å². The van der Waals surface area contributed by atoms with Crippen LogP contribution in [0.25, 0.3) is 11.0 Å². The fourth-order valence-electron chi connectivity index (χ4n) is 2.77. The van der Waals surface area contributed by atoms with Crippen LogP contribution in [0.5, 0.6) is 0 Å². The molecule has 0 aliphatic heterocycles. The van der Waals surface area contributed by atoms with E-state index in [-0.39, 0.29) is 0 Å². The predicted molar refractivity (Wildman–Crippen MR) is 85.6 cm³/mol. The van der Waals surface area contributed by atoms with Gasteiger partial charge in [0.25, 0.3) is 0 Å². The summed E-state index contributed by atoms with van der Waals surface area (Å²) in [5.74, 6) is 0. The zero-order valence-electron chi connectivity index (χ0n) is 12.6. The van der Waals surface area contributed by atoms with Crippen molar-refractivity contribution in [1.82, 2.24) is 9.55 Å². The van der Waals surface area contributed by atoms with Crippen molar-refractivity contribution >= 4 is 11.0 Å². The quantitative estimate of drug-likeness (QED) is 0.694. The third-order valence-corrected chi connectivity index (χ3v) is 3.94. The van der Waals surface area contributed by atoms with Gasteiger partial charge in [0, 0.05) is 30.9 Å². The number of nitrogens with zero attached hydrogens (tertiary/aromatic N) is 2. The Labute approximate surface area is 122 Å². The zero-order valence-corrected chi connectivity index (χ0v) is 12.6. The van der Waals surface area contributed by atoms with Crippen LogP contribution in [-0.4, -0.2) is 9.55 Å². The van der Waals surface area contributed by atoms with Gasteiger partial charge < -0.3 is 10.3 Å². The van der Waals surface area contributed by atoms with Crippen LogP contribution in [0.3, 0.4) is 0 Å². The molecule has 2 aromatic heterocycles. The predicted octanol–water partition coefficient (Wildman–Crippen LogP) is 4.25. The smallest absolute Gasteiger partial charge is 0.140 e. The first-order chi connectivity index (χ1) is 9.86. The van der Waals surface area contributed by atoms with Crippen LogP contribution in [-0.2, 0) is 13.1 Å². The number of hydrogen-bond acceptors (Lipinski definition) is 2. The van der Waals surface area contributed by atoms with Gasteiger partial charge in [-0.2, -0.15) is 0 Å². The maximum Gasteiger partial charge on any atom is 0.140 e. The third kappa shape index (κ3) is 3.83. The van der Waals surface area contributed by atoms with E-state index in [2.05, 4.69) is 28.7 Å². The van der Waals surface area contributed by atoms with E-state index in [1.165, 1.54) is 55.9 Å². The third-order valence-electron chi connectivity index (χ3n) is 3.94. The lowest BCUT2D eigenvalue weighted by Crippen LogP contribution is -1.98. The Morgan fingerprint density at radius 2 is 1.85 bits per heavy atom. The van der Waals surface area contributed by atoms with Crippen molar-refractivity contribution in [2.45, 2.75) is 65.0 Å². The van der Waals surface area contributed by atoms with Crippen LogP contribution >= 0.6 is 0 Å². The molecule has 0 aliphatic rings. The average molecular weight is 273 g/mol. The monoisotopic (exact) mass is 273 g/mol. The molecule has 3 nitrogen and oxygen atoms in total. The van der Waals surface area contributed by atoms with Crippen molar-refractivity contribution in [2.75, 3.05) is 0 Å². The van der Waals surface area contributed by atoms with Crippen LogP contribution in [0, 0.1) is 0 Å². The summed E-state index contributed by atoms with van der Waals surface area (Å²) in [7, 11) is 0. The lowest BCUT2D eigenvalue weighted by atomic mass is 10.1. The largest absolute Gasteiger partial charge is 0.332 e. The molecule has 0 unspecified atom stereocenters. The first kappa shape index (κ1) is 15.0. The summed E-state index contributed by atoms with van der Waals surface area (Å²) >= 11 is 0. The number of hydrogen-bond donors (Lipinski definition) is 1. The average Bonchev–Trinajstić information content (AvgIpc) is 2.85. The summed E-state index contributed by atoms with van der Waals surface area (Å²) in [5.41, 5.74) is 8.10. The van der Waals surface area contributed by atoms with Crippen molar-refractivity contribution in [3.63, 3.8) is 0 Å². The Balaban J connectivity index is 1.84. The van der Waals surface area contributed by atoms with Gasteiger partial charge in [0.05, 0.1) is 0 Å². The first-order valence-electron chi connectivity index (χ1n) is 7.99. The number of fused-ring (bicyclic) bond motifs is 1. The Bertz CT molecular complexity index is 516. The SMILES string of the molecule is CCCCCCCCCn1cc(CN)c2cccnc21. The molecule has 0 saturated heterocycles. The van der Waals surface area contributed by atoms with E-state index in [1.54, 1.807) is 0 Å². The second kappa shape index (κ2) is 8.05. The lowest BCUT2D eigenvalue weighted by Gasteiger charge is -2.04. The van der Waals surface area contributed by atoms with Crippen LogP contribution in [0.2, 0.25) is 0 Å². The fourth-order valence-corrected chi connectivity index (χ4v) is 2.77. The zero-order chi connectivity index (χ0) is 14.2. The normalized spacial score (nSPS) is 11.3. The number of unbranched alkanes of at least 4 members (excludes halogenated alkanes) is 6. The molecular weight excluding hydrogens is 246 g/mol. The molecule has 0 fully saturated rings. The van der Waals surface area contributed by atoms with Crippen LogP contribution in [0.4, 0.5) is 0 Å². The number of rotatable bonds is 9. The molecule has 3 heteroatoms. The highest BCUT2D eigenvalue weighted by atomic mass is 15.0. The van der Waals surface area contributed by atoms with Crippen molar-refractivity contribution in [3.8, 4) is 0 Å². The van der Waals surface area contributed by atoms with Gasteiger partial charge in [0.2, 0.25) is 0 Å². The second-order valence-electron chi connectivity index (χ2n) is 5.55. The Kier molecular flexibility index (Phi) is 6.06. The highest BCUT2D eigenvalue weighted by molar-refractivity contribution is 5.80. The Morgan fingerprint density at radius 3 is 2.60 bits per heavy atom. The molecule has 0 aliphatic carbocycles. The van der Waals surface area contributed by atoms with Crippen LogP contribution < -0.4 is 5.73 Å². The molecule has 0 atom stereocenters. The standard InChI is InChI=1S/C17H27N3/c1-2-3-4-5-6-7-8-12-20-14-15(13-18)16-10-9-11-19-17(16)20/h9-11,14H,2-8,12-13,18H2,1H3. The Hall–Kier alpha value is -1.35. The van der Waals surface area contributed by atoms with Crippen LogP contribution in [0.15, 0.2) is 24.5 Å². The van der Waals surface area contributed by atoms with Gasteiger partial charge in [-0.25, -0.2) is 4.98 Å². The maximum absolute atomic E-state index is 5.81. The van der Waals surface area contributed by atoms with Gasteiger partial charge in [0.1, 0.15) is 5.65 Å². The molecular formula is C17H27N3.